The zero-order valence-corrected chi connectivity index (χ0v) is 9.23. The minimum atomic E-state index is 0.242. The van der Waals surface area contributed by atoms with Gasteiger partial charge in [-0.05, 0) is 25.8 Å². The summed E-state index contributed by atoms with van der Waals surface area (Å²) < 4.78 is 5.03. The first-order valence-corrected chi connectivity index (χ1v) is 5.13. The van der Waals surface area contributed by atoms with Crippen molar-refractivity contribution in [2.45, 2.75) is 25.8 Å². The van der Waals surface area contributed by atoms with Crippen LogP contribution in [0.1, 0.15) is 19.8 Å². The summed E-state index contributed by atoms with van der Waals surface area (Å²) in [5.41, 5.74) is 0.993. The molecule has 1 aromatic heterocycles. The van der Waals surface area contributed by atoms with Gasteiger partial charge in [-0.1, -0.05) is 0 Å². The van der Waals surface area contributed by atoms with Crippen LogP contribution in [0.25, 0.3) is 0 Å². The summed E-state index contributed by atoms with van der Waals surface area (Å²) in [6.45, 7) is 2.33. The van der Waals surface area contributed by atoms with Crippen LogP contribution in [0, 0.1) is 0 Å². The van der Waals surface area contributed by atoms with Gasteiger partial charge in [0.2, 0.25) is 5.88 Å². The molecule has 0 aliphatic rings. The molecule has 0 amide bonds. The number of rotatable bonds is 6. The van der Waals surface area contributed by atoms with E-state index in [9.17, 15) is 0 Å². The molecule has 0 aliphatic heterocycles. The number of ether oxygens (including phenoxy) is 1. The molecule has 0 saturated carbocycles. The second-order valence-corrected chi connectivity index (χ2v) is 3.50. The van der Waals surface area contributed by atoms with Crippen molar-refractivity contribution < 1.29 is 9.84 Å². The van der Waals surface area contributed by atoms with Crippen molar-refractivity contribution in [1.82, 2.24) is 4.98 Å². The first-order valence-electron chi connectivity index (χ1n) is 5.13. The fourth-order valence-electron chi connectivity index (χ4n) is 1.37. The Balaban J connectivity index is 2.48. The second-order valence-electron chi connectivity index (χ2n) is 3.50. The SMILES string of the molecule is COc1cc(NC(C)CCCO)ccn1. The van der Waals surface area contributed by atoms with Gasteiger partial charge in [0.1, 0.15) is 0 Å². The molecule has 2 N–H and O–H groups in total. The van der Waals surface area contributed by atoms with Crippen molar-refractivity contribution >= 4 is 5.69 Å². The number of hydrogen-bond acceptors (Lipinski definition) is 4. The molecule has 4 nitrogen and oxygen atoms in total. The Morgan fingerprint density at radius 3 is 3.07 bits per heavy atom. The molecule has 1 unspecified atom stereocenters. The van der Waals surface area contributed by atoms with Crippen LogP contribution in [0.3, 0.4) is 0 Å². The third kappa shape index (κ3) is 4.16. The van der Waals surface area contributed by atoms with Gasteiger partial charge in [-0.15, -0.1) is 0 Å². The molecule has 0 spiro atoms. The smallest absolute Gasteiger partial charge is 0.214 e. The molecule has 1 atom stereocenters. The Labute approximate surface area is 90.3 Å². The normalized spacial score (nSPS) is 12.2. The standard InChI is InChI=1S/C11H18N2O2/c1-9(4-3-7-14)13-10-5-6-12-11(8-10)15-2/h5-6,8-9,14H,3-4,7H2,1-2H3,(H,12,13). The molecule has 0 fully saturated rings. The zero-order chi connectivity index (χ0) is 11.1. The molecule has 1 aromatic rings. The summed E-state index contributed by atoms with van der Waals surface area (Å²) in [5, 5.41) is 12.0. The highest BCUT2D eigenvalue weighted by molar-refractivity contribution is 5.45. The van der Waals surface area contributed by atoms with E-state index in [1.165, 1.54) is 0 Å². The predicted octanol–water partition coefficient (Wildman–Crippen LogP) is 1.66. The largest absolute Gasteiger partial charge is 0.481 e. The third-order valence-corrected chi connectivity index (χ3v) is 2.15. The van der Waals surface area contributed by atoms with Gasteiger partial charge in [-0.25, -0.2) is 4.98 Å². The number of nitrogens with one attached hydrogen (secondary N) is 1. The maximum atomic E-state index is 8.71. The van der Waals surface area contributed by atoms with Crippen LogP contribution in [-0.2, 0) is 0 Å². The van der Waals surface area contributed by atoms with Crippen LogP contribution >= 0.6 is 0 Å². The topological polar surface area (TPSA) is 54.4 Å². The summed E-state index contributed by atoms with van der Waals surface area (Å²) in [6.07, 6.45) is 3.47. The fourth-order valence-corrected chi connectivity index (χ4v) is 1.37. The Kier molecular flexibility index (Phi) is 4.90. The molecule has 15 heavy (non-hydrogen) atoms. The highest BCUT2D eigenvalue weighted by Crippen LogP contribution is 2.15. The molecule has 0 aromatic carbocycles. The molecule has 0 aliphatic carbocycles. The summed E-state index contributed by atoms with van der Waals surface area (Å²) in [5.74, 6) is 0.606. The first kappa shape index (κ1) is 11.8. The lowest BCUT2D eigenvalue weighted by Crippen LogP contribution is -2.15. The van der Waals surface area contributed by atoms with Gasteiger partial charge in [-0.2, -0.15) is 0 Å². The highest BCUT2D eigenvalue weighted by atomic mass is 16.5. The van der Waals surface area contributed by atoms with Crippen molar-refractivity contribution in [3.05, 3.63) is 18.3 Å². The number of aromatic nitrogens is 1. The number of methoxy groups -OCH3 is 1. The lowest BCUT2D eigenvalue weighted by molar-refractivity contribution is 0.282. The van der Waals surface area contributed by atoms with Gasteiger partial charge >= 0.3 is 0 Å². The number of pyridine rings is 1. The molecular formula is C11H18N2O2. The van der Waals surface area contributed by atoms with E-state index in [2.05, 4.69) is 17.2 Å². The van der Waals surface area contributed by atoms with Crippen LogP contribution < -0.4 is 10.1 Å². The predicted molar refractivity (Wildman–Crippen MR) is 60.2 cm³/mol. The van der Waals surface area contributed by atoms with Gasteiger partial charge in [0, 0.05) is 30.6 Å². The van der Waals surface area contributed by atoms with Gasteiger partial charge in [0.25, 0.3) is 0 Å². The van der Waals surface area contributed by atoms with Crippen molar-refractivity contribution in [2.24, 2.45) is 0 Å². The van der Waals surface area contributed by atoms with E-state index in [1.54, 1.807) is 13.3 Å². The average molecular weight is 210 g/mol. The van der Waals surface area contributed by atoms with E-state index >= 15 is 0 Å². The lowest BCUT2D eigenvalue weighted by atomic mass is 10.2. The van der Waals surface area contributed by atoms with Crippen LogP contribution in [0.4, 0.5) is 5.69 Å². The summed E-state index contributed by atoms with van der Waals surface area (Å²) in [4.78, 5) is 4.03. The summed E-state index contributed by atoms with van der Waals surface area (Å²) in [6, 6.07) is 4.09. The Hall–Kier alpha value is -1.29. The lowest BCUT2D eigenvalue weighted by Gasteiger charge is -2.14. The van der Waals surface area contributed by atoms with Crippen LogP contribution in [0.5, 0.6) is 5.88 Å². The molecule has 4 heteroatoms. The fraction of sp³-hybridized carbons (Fsp3) is 0.545. The van der Waals surface area contributed by atoms with Crippen molar-refractivity contribution in [3.63, 3.8) is 0 Å². The molecular weight excluding hydrogens is 192 g/mol. The van der Waals surface area contributed by atoms with E-state index in [1.807, 2.05) is 12.1 Å². The van der Waals surface area contributed by atoms with Crippen molar-refractivity contribution in [2.75, 3.05) is 19.0 Å². The Bertz CT molecular complexity index is 292. The van der Waals surface area contributed by atoms with Crippen molar-refractivity contribution in [3.8, 4) is 5.88 Å². The molecule has 0 bridgehead atoms. The van der Waals surface area contributed by atoms with E-state index in [4.69, 9.17) is 9.84 Å². The molecule has 84 valence electrons. The Morgan fingerprint density at radius 1 is 1.60 bits per heavy atom. The van der Waals surface area contributed by atoms with Crippen LogP contribution in [0.2, 0.25) is 0 Å². The molecule has 1 rings (SSSR count). The van der Waals surface area contributed by atoms with Gasteiger partial charge < -0.3 is 15.2 Å². The van der Waals surface area contributed by atoms with Gasteiger partial charge in [0.05, 0.1) is 7.11 Å². The molecule has 0 radical (unpaired) electrons. The monoisotopic (exact) mass is 210 g/mol. The maximum absolute atomic E-state index is 8.71. The van der Waals surface area contributed by atoms with Crippen LogP contribution in [-0.4, -0.2) is 29.8 Å². The minimum Gasteiger partial charge on any atom is -0.481 e. The quantitative estimate of drug-likeness (QED) is 0.749. The van der Waals surface area contributed by atoms with E-state index in [0.29, 0.717) is 11.9 Å². The number of hydrogen-bond donors (Lipinski definition) is 2. The average Bonchev–Trinajstić information content (AvgIpc) is 2.26. The Morgan fingerprint density at radius 2 is 2.40 bits per heavy atom. The number of aliphatic hydroxyl groups is 1. The first-order chi connectivity index (χ1) is 7.26. The summed E-state index contributed by atoms with van der Waals surface area (Å²) >= 11 is 0. The van der Waals surface area contributed by atoms with E-state index in [0.717, 1.165) is 18.5 Å². The van der Waals surface area contributed by atoms with Gasteiger partial charge in [-0.3, -0.25) is 0 Å². The molecule has 1 heterocycles. The number of nitrogens with zero attached hydrogens (tertiary/aromatic N) is 1. The molecule has 0 saturated heterocycles. The maximum Gasteiger partial charge on any atom is 0.214 e. The number of aliphatic hydroxyl groups excluding tert-OH is 1. The van der Waals surface area contributed by atoms with E-state index < -0.39 is 0 Å². The van der Waals surface area contributed by atoms with Crippen LogP contribution in [0.15, 0.2) is 18.3 Å². The second kappa shape index (κ2) is 6.24. The third-order valence-electron chi connectivity index (χ3n) is 2.15. The summed E-state index contributed by atoms with van der Waals surface area (Å²) in [7, 11) is 1.60. The number of anilines is 1. The van der Waals surface area contributed by atoms with Crippen molar-refractivity contribution in [1.29, 1.82) is 0 Å². The van der Waals surface area contributed by atoms with Gasteiger partial charge in [0.15, 0.2) is 0 Å². The zero-order valence-electron chi connectivity index (χ0n) is 9.23. The highest BCUT2D eigenvalue weighted by Gasteiger charge is 2.02. The van der Waals surface area contributed by atoms with E-state index in [-0.39, 0.29) is 6.61 Å². The minimum absolute atomic E-state index is 0.242.